The van der Waals surface area contributed by atoms with Gasteiger partial charge in [-0.2, -0.15) is 0 Å². The molecule has 1 aromatic heterocycles. The van der Waals surface area contributed by atoms with E-state index in [0.29, 0.717) is 5.13 Å². The van der Waals surface area contributed by atoms with Gasteiger partial charge in [0.1, 0.15) is 12.1 Å². The van der Waals surface area contributed by atoms with Gasteiger partial charge in [0, 0.05) is 13.1 Å². The second kappa shape index (κ2) is 5.96. The second-order valence-corrected chi connectivity index (χ2v) is 3.72. The number of amides is 1. The molecule has 84 valence electrons. The minimum atomic E-state index is -0.186. The molecule has 1 fully saturated rings. The van der Waals surface area contributed by atoms with Crippen LogP contribution in [-0.2, 0) is 9.53 Å². The molecule has 1 aliphatic rings. The molecule has 0 saturated carbocycles. The maximum Gasteiger partial charge on any atom is 0.252 e. The summed E-state index contributed by atoms with van der Waals surface area (Å²) in [5, 5.41) is 13.4. The molecule has 0 spiro atoms. The van der Waals surface area contributed by atoms with Crippen molar-refractivity contribution in [2.24, 2.45) is 0 Å². The number of nitrogens with zero attached hydrogens (tertiary/aromatic N) is 2. The van der Waals surface area contributed by atoms with E-state index in [0.717, 1.165) is 13.1 Å². The standard InChI is InChI=1S/C7H10N4O2S.ClH/c12-6(3-13-5-1-8-2-5)10-7-11-9-4-14-7;/h4-5,8H,1-3H2,(H,10,11,12);1H. The topological polar surface area (TPSA) is 76.1 Å². The quantitative estimate of drug-likeness (QED) is 0.780. The van der Waals surface area contributed by atoms with Crippen LogP contribution in [0.2, 0.25) is 0 Å². The summed E-state index contributed by atoms with van der Waals surface area (Å²) in [7, 11) is 0. The molecule has 6 nitrogen and oxygen atoms in total. The lowest BCUT2D eigenvalue weighted by atomic mass is 10.2. The third-order valence-electron chi connectivity index (χ3n) is 1.80. The van der Waals surface area contributed by atoms with E-state index in [4.69, 9.17) is 4.74 Å². The molecule has 0 aromatic carbocycles. The van der Waals surface area contributed by atoms with Crippen molar-refractivity contribution in [3.63, 3.8) is 0 Å². The second-order valence-electron chi connectivity index (χ2n) is 2.88. The van der Waals surface area contributed by atoms with E-state index in [-0.39, 0.29) is 31.0 Å². The van der Waals surface area contributed by atoms with Crippen LogP contribution in [0, 0.1) is 0 Å². The number of anilines is 1. The van der Waals surface area contributed by atoms with Crippen molar-refractivity contribution in [1.82, 2.24) is 15.5 Å². The van der Waals surface area contributed by atoms with Crippen LogP contribution in [-0.4, -0.2) is 41.9 Å². The van der Waals surface area contributed by atoms with E-state index in [1.54, 1.807) is 5.51 Å². The van der Waals surface area contributed by atoms with Crippen LogP contribution in [0.5, 0.6) is 0 Å². The summed E-state index contributed by atoms with van der Waals surface area (Å²) in [5.74, 6) is -0.186. The smallest absolute Gasteiger partial charge is 0.252 e. The zero-order valence-electron chi connectivity index (χ0n) is 7.80. The number of hydrogen-bond donors (Lipinski definition) is 2. The number of rotatable bonds is 4. The molecule has 1 amide bonds. The fourth-order valence-electron chi connectivity index (χ4n) is 0.956. The molecule has 0 bridgehead atoms. The highest BCUT2D eigenvalue weighted by Crippen LogP contribution is 2.07. The Balaban J connectivity index is 0.00000112. The van der Waals surface area contributed by atoms with Crippen LogP contribution in [0.25, 0.3) is 0 Å². The predicted octanol–water partition coefficient (Wildman–Crippen LogP) is -0.113. The fraction of sp³-hybridized carbons (Fsp3) is 0.571. The van der Waals surface area contributed by atoms with Crippen LogP contribution < -0.4 is 10.6 Å². The summed E-state index contributed by atoms with van der Waals surface area (Å²) in [6.07, 6.45) is 0.176. The SMILES string of the molecule is Cl.O=C(COC1CNC1)Nc1nncs1. The van der Waals surface area contributed by atoms with E-state index in [1.807, 2.05) is 0 Å². The van der Waals surface area contributed by atoms with Crippen molar-refractivity contribution in [3.8, 4) is 0 Å². The van der Waals surface area contributed by atoms with Gasteiger partial charge >= 0.3 is 0 Å². The summed E-state index contributed by atoms with van der Waals surface area (Å²) < 4.78 is 5.27. The molecule has 1 saturated heterocycles. The van der Waals surface area contributed by atoms with E-state index in [1.165, 1.54) is 11.3 Å². The number of aromatic nitrogens is 2. The predicted molar refractivity (Wildman–Crippen MR) is 58.4 cm³/mol. The highest BCUT2D eigenvalue weighted by atomic mass is 35.5. The van der Waals surface area contributed by atoms with Gasteiger partial charge in [0.25, 0.3) is 5.91 Å². The maximum atomic E-state index is 11.2. The van der Waals surface area contributed by atoms with Gasteiger partial charge in [-0.15, -0.1) is 22.6 Å². The van der Waals surface area contributed by atoms with Gasteiger partial charge in [0.05, 0.1) is 6.10 Å². The zero-order chi connectivity index (χ0) is 9.80. The Morgan fingerprint density at radius 3 is 3.07 bits per heavy atom. The largest absolute Gasteiger partial charge is 0.366 e. The van der Waals surface area contributed by atoms with Gasteiger partial charge in [0.15, 0.2) is 0 Å². The monoisotopic (exact) mass is 250 g/mol. The summed E-state index contributed by atoms with van der Waals surface area (Å²) in [5.41, 5.74) is 1.56. The summed E-state index contributed by atoms with van der Waals surface area (Å²) in [6.45, 7) is 1.73. The Hall–Kier alpha value is -0.760. The molecular weight excluding hydrogens is 240 g/mol. The van der Waals surface area contributed by atoms with Crippen molar-refractivity contribution < 1.29 is 9.53 Å². The third-order valence-corrected chi connectivity index (χ3v) is 2.41. The molecule has 0 radical (unpaired) electrons. The molecule has 0 aliphatic carbocycles. The minimum Gasteiger partial charge on any atom is -0.366 e. The van der Waals surface area contributed by atoms with Crippen LogP contribution >= 0.6 is 23.7 Å². The van der Waals surface area contributed by atoms with Gasteiger partial charge in [-0.25, -0.2) is 0 Å². The van der Waals surface area contributed by atoms with Crippen molar-refractivity contribution in [3.05, 3.63) is 5.51 Å². The molecule has 2 N–H and O–H groups in total. The number of nitrogens with one attached hydrogen (secondary N) is 2. The van der Waals surface area contributed by atoms with E-state index in [9.17, 15) is 4.79 Å². The first-order valence-electron chi connectivity index (χ1n) is 4.23. The van der Waals surface area contributed by atoms with Crippen molar-refractivity contribution in [2.45, 2.75) is 6.10 Å². The highest BCUT2D eigenvalue weighted by molar-refractivity contribution is 7.13. The van der Waals surface area contributed by atoms with Crippen LogP contribution in [0.4, 0.5) is 5.13 Å². The van der Waals surface area contributed by atoms with E-state index < -0.39 is 0 Å². The first-order valence-corrected chi connectivity index (χ1v) is 5.11. The van der Waals surface area contributed by atoms with Crippen LogP contribution in [0.15, 0.2) is 5.51 Å². The molecule has 15 heavy (non-hydrogen) atoms. The van der Waals surface area contributed by atoms with Gasteiger partial charge in [-0.05, 0) is 0 Å². The van der Waals surface area contributed by atoms with E-state index in [2.05, 4.69) is 20.8 Å². The molecule has 0 atom stereocenters. The van der Waals surface area contributed by atoms with Crippen molar-refractivity contribution in [2.75, 3.05) is 25.0 Å². The van der Waals surface area contributed by atoms with Gasteiger partial charge in [0.2, 0.25) is 5.13 Å². The average Bonchev–Trinajstić information content (AvgIpc) is 2.54. The third kappa shape index (κ3) is 3.71. The number of halogens is 1. The Bertz CT molecular complexity index is 304. The molecule has 2 rings (SSSR count). The summed E-state index contributed by atoms with van der Waals surface area (Å²) in [6, 6.07) is 0. The number of hydrogen-bond acceptors (Lipinski definition) is 6. The minimum absolute atomic E-state index is 0. The molecule has 0 unspecified atom stereocenters. The van der Waals surface area contributed by atoms with E-state index >= 15 is 0 Å². The van der Waals surface area contributed by atoms with Crippen molar-refractivity contribution in [1.29, 1.82) is 0 Å². The highest BCUT2D eigenvalue weighted by Gasteiger charge is 2.18. The lowest BCUT2D eigenvalue weighted by Crippen LogP contribution is -2.49. The maximum absolute atomic E-state index is 11.2. The first-order chi connectivity index (χ1) is 6.84. The lowest BCUT2D eigenvalue weighted by Gasteiger charge is -2.26. The van der Waals surface area contributed by atoms with Crippen LogP contribution in [0.3, 0.4) is 0 Å². The molecule has 8 heteroatoms. The molecular formula is C7H11ClN4O2S. The summed E-state index contributed by atoms with van der Waals surface area (Å²) in [4.78, 5) is 11.2. The van der Waals surface area contributed by atoms with Gasteiger partial charge < -0.3 is 10.1 Å². The van der Waals surface area contributed by atoms with Crippen LogP contribution in [0.1, 0.15) is 0 Å². The average molecular weight is 251 g/mol. The van der Waals surface area contributed by atoms with Crippen molar-refractivity contribution >= 4 is 34.8 Å². The lowest BCUT2D eigenvalue weighted by molar-refractivity contribution is -0.123. The Kier molecular flexibility index (Phi) is 4.89. The Labute approximate surface area is 96.8 Å². The van der Waals surface area contributed by atoms with Gasteiger partial charge in [-0.1, -0.05) is 11.3 Å². The molecule has 1 aliphatic heterocycles. The summed E-state index contributed by atoms with van der Waals surface area (Å²) >= 11 is 1.28. The number of ether oxygens (including phenoxy) is 1. The molecule has 2 heterocycles. The zero-order valence-corrected chi connectivity index (χ0v) is 9.44. The fourth-order valence-corrected chi connectivity index (χ4v) is 1.42. The first kappa shape index (κ1) is 12.3. The number of carbonyl (C=O) groups is 1. The Morgan fingerprint density at radius 1 is 1.73 bits per heavy atom. The normalized spacial score (nSPS) is 15.2. The number of carbonyl (C=O) groups excluding carboxylic acids is 1. The molecule has 1 aromatic rings. The van der Waals surface area contributed by atoms with Gasteiger partial charge in [-0.3, -0.25) is 10.1 Å². The Morgan fingerprint density at radius 2 is 2.53 bits per heavy atom.